The lowest BCUT2D eigenvalue weighted by Gasteiger charge is -2.08. The smallest absolute Gasteiger partial charge is 0.271 e. The third kappa shape index (κ3) is 5.70. The van der Waals surface area contributed by atoms with Crippen LogP contribution < -0.4 is 20.2 Å². The zero-order chi connectivity index (χ0) is 22.2. The fourth-order valence-corrected chi connectivity index (χ4v) is 2.80. The first-order valence-corrected chi connectivity index (χ1v) is 9.53. The normalized spacial score (nSPS) is 10.5. The Bertz CT molecular complexity index is 1110. The van der Waals surface area contributed by atoms with E-state index < -0.39 is 5.91 Å². The quantitative estimate of drug-likeness (QED) is 0.449. The monoisotopic (exact) mass is 417 g/mol. The van der Waals surface area contributed by atoms with E-state index in [2.05, 4.69) is 15.8 Å². The maximum atomic E-state index is 12.4. The molecular weight excluding hydrogens is 394 g/mol. The molecular formula is C24H23N3O4. The summed E-state index contributed by atoms with van der Waals surface area (Å²) < 4.78 is 10.5. The van der Waals surface area contributed by atoms with E-state index in [9.17, 15) is 9.59 Å². The number of rotatable bonds is 7. The van der Waals surface area contributed by atoms with Crippen LogP contribution in [0.15, 0.2) is 71.8 Å². The molecule has 158 valence electrons. The first-order chi connectivity index (χ1) is 15.0. The third-order valence-corrected chi connectivity index (χ3v) is 4.51. The molecule has 31 heavy (non-hydrogen) atoms. The molecule has 0 radical (unpaired) electrons. The standard InChI is InChI=1S/C24H23N3O4/c1-16-7-9-17(10-8-16)23(28)26-20-6-4-5-18(13-20)24(29)27-25-15-19-11-12-21(30-2)14-22(19)31-3/h4-15H,1-3H3,(H,26,28)(H,27,29)/b25-15-. The predicted molar refractivity (Wildman–Crippen MR) is 120 cm³/mol. The van der Waals surface area contributed by atoms with E-state index >= 15 is 0 Å². The van der Waals surface area contributed by atoms with E-state index in [-0.39, 0.29) is 5.91 Å². The van der Waals surface area contributed by atoms with Crippen LogP contribution >= 0.6 is 0 Å². The molecule has 0 atom stereocenters. The number of methoxy groups -OCH3 is 2. The zero-order valence-electron chi connectivity index (χ0n) is 17.5. The maximum Gasteiger partial charge on any atom is 0.271 e. The van der Waals surface area contributed by atoms with Gasteiger partial charge in [0.2, 0.25) is 0 Å². The molecule has 7 heteroatoms. The summed E-state index contributed by atoms with van der Waals surface area (Å²) in [6, 6.07) is 19.1. The van der Waals surface area contributed by atoms with Gasteiger partial charge >= 0.3 is 0 Å². The van der Waals surface area contributed by atoms with Gasteiger partial charge in [-0.05, 0) is 49.4 Å². The molecule has 0 saturated carbocycles. The number of nitrogens with zero attached hydrogens (tertiary/aromatic N) is 1. The molecule has 0 bridgehead atoms. The van der Waals surface area contributed by atoms with Crippen LogP contribution in [0, 0.1) is 6.92 Å². The Morgan fingerprint density at radius 1 is 0.871 bits per heavy atom. The largest absolute Gasteiger partial charge is 0.497 e. The van der Waals surface area contributed by atoms with E-state index in [0.29, 0.717) is 33.9 Å². The van der Waals surface area contributed by atoms with Gasteiger partial charge in [-0.3, -0.25) is 9.59 Å². The molecule has 3 aromatic carbocycles. The number of hydrazone groups is 1. The Hall–Kier alpha value is -4.13. The number of amides is 2. The number of benzene rings is 3. The van der Waals surface area contributed by atoms with Gasteiger partial charge in [0.1, 0.15) is 11.5 Å². The summed E-state index contributed by atoms with van der Waals surface area (Å²) in [7, 11) is 3.11. The highest BCUT2D eigenvalue weighted by Crippen LogP contribution is 2.23. The molecule has 0 aliphatic heterocycles. The van der Waals surface area contributed by atoms with Gasteiger partial charge in [0.15, 0.2) is 0 Å². The van der Waals surface area contributed by atoms with Crippen molar-refractivity contribution in [2.45, 2.75) is 6.92 Å². The van der Waals surface area contributed by atoms with Crippen LogP contribution in [-0.4, -0.2) is 32.2 Å². The molecule has 0 saturated heterocycles. The van der Waals surface area contributed by atoms with Crippen molar-refractivity contribution in [3.8, 4) is 11.5 Å². The summed E-state index contributed by atoms with van der Waals surface area (Å²) in [6.07, 6.45) is 1.49. The topological polar surface area (TPSA) is 89.0 Å². The van der Waals surface area contributed by atoms with Crippen molar-refractivity contribution >= 4 is 23.7 Å². The number of nitrogens with one attached hydrogen (secondary N) is 2. The molecule has 2 N–H and O–H groups in total. The number of aryl methyl sites for hydroxylation is 1. The van der Waals surface area contributed by atoms with Gasteiger partial charge in [-0.2, -0.15) is 5.10 Å². The highest BCUT2D eigenvalue weighted by atomic mass is 16.5. The second kappa shape index (κ2) is 10.1. The van der Waals surface area contributed by atoms with Crippen LogP contribution in [0.2, 0.25) is 0 Å². The molecule has 2 amide bonds. The maximum absolute atomic E-state index is 12.4. The molecule has 0 aliphatic rings. The highest BCUT2D eigenvalue weighted by Gasteiger charge is 2.09. The van der Waals surface area contributed by atoms with Crippen molar-refractivity contribution in [2.24, 2.45) is 5.10 Å². The Morgan fingerprint density at radius 3 is 2.35 bits per heavy atom. The van der Waals surface area contributed by atoms with Crippen LogP contribution in [-0.2, 0) is 0 Å². The van der Waals surface area contributed by atoms with Gasteiger partial charge in [-0.1, -0.05) is 23.8 Å². The van der Waals surface area contributed by atoms with Gasteiger partial charge in [0, 0.05) is 28.4 Å². The fraction of sp³-hybridized carbons (Fsp3) is 0.125. The highest BCUT2D eigenvalue weighted by molar-refractivity contribution is 6.05. The lowest BCUT2D eigenvalue weighted by molar-refractivity contribution is 0.0953. The molecule has 0 fully saturated rings. The summed E-state index contributed by atoms with van der Waals surface area (Å²) >= 11 is 0. The van der Waals surface area contributed by atoms with Gasteiger partial charge in [-0.25, -0.2) is 5.43 Å². The third-order valence-electron chi connectivity index (χ3n) is 4.51. The average Bonchev–Trinajstić information content (AvgIpc) is 2.79. The molecule has 0 aromatic heterocycles. The van der Waals surface area contributed by atoms with Crippen molar-refractivity contribution in [3.05, 3.63) is 89.0 Å². The van der Waals surface area contributed by atoms with E-state index in [1.165, 1.54) is 6.21 Å². The summed E-state index contributed by atoms with van der Waals surface area (Å²) in [6.45, 7) is 1.96. The van der Waals surface area contributed by atoms with Crippen molar-refractivity contribution in [1.29, 1.82) is 0 Å². The number of anilines is 1. The first kappa shape index (κ1) is 21.6. The minimum absolute atomic E-state index is 0.248. The molecule has 0 heterocycles. The summed E-state index contributed by atoms with van der Waals surface area (Å²) in [5.41, 5.74) is 5.65. The van der Waals surface area contributed by atoms with E-state index in [1.54, 1.807) is 68.8 Å². The van der Waals surface area contributed by atoms with Gasteiger partial charge in [0.25, 0.3) is 11.8 Å². The number of hydrogen-bond donors (Lipinski definition) is 2. The van der Waals surface area contributed by atoms with Crippen LogP contribution in [0.5, 0.6) is 11.5 Å². The van der Waals surface area contributed by atoms with Crippen molar-refractivity contribution in [1.82, 2.24) is 5.43 Å². The number of carbonyl (C=O) groups excluding carboxylic acids is 2. The fourth-order valence-electron chi connectivity index (χ4n) is 2.80. The number of carbonyl (C=O) groups is 2. The molecule has 0 spiro atoms. The van der Waals surface area contributed by atoms with Gasteiger partial charge < -0.3 is 14.8 Å². The average molecular weight is 417 g/mol. The van der Waals surface area contributed by atoms with Crippen LogP contribution in [0.3, 0.4) is 0 Å². The van der Waals surface area contributed by atoms with Crippen molar-refractivity contribution in [2.75, 3.05) is 19.5 Å². The second-order valence-corrected chi connectivity index (χ2v) is 6.71. The zero-order valence-corrected chi connectivity index (χ0v) is 17.5. The SMILES string of the molecule is COc1ccc(/C=N\NC(=O)c2cccc(NC(=O)c3ccc(C)cc3)c2)c(OC)c1. The van der Waals surface area contributed by atoms with Crippen molar-refractivity contribution < 1.29 is 19.1 Å². The minimum atomic E-state index is -0.407. The Morgan fingerprint density at radius 2 is 1.65 bits per heavy atom. The van der Waals surface area contributed by atoms with Gasteiger partial charge in [0.05, 0.1) is 20.4 Å². The van der Waals surface area contributed by atoms with E-state index in [4.69, 9.17) is 9.47 Å². The van der Waals surface area contributed by atoms with Crippen LogP contribution in [0.1, 0.15) is 31.8 Å². The Balaban J connectivity index is 1.65. The predicted octanol–water partition coefficient (Wildman–Crippen LogP) is 4.03. The summed E-state index contributed by atoms with van der Waals surface area (Å²) in [4.78, 5) is 24.8. The van der Waals surface area contributed by atoms with Gasteiger partial charge in [-0.15, -0.1) is 0 Å². The Kier molecular flexibility index (Phi) is 7.01. The number of ether oxygens (including phenoxy) is 2. The molecule has 3 aromatic rings. The molecule has 3 rings (SSSR count). The summed E-state index contributed by atoms with van der Waals surface area (Å²) in [5, 5.41) is 6.79. The lowest BCUT2D eigenvalue weighted by atomic mass is 10.1. The van der Waals surface area contributed by atoms with Crippen LogP contribution in [0.4, 0.5) is 5.69 Å². The molecule has 7 nitrogen and oxygen atoms in total. The molecule has 0 aliphatic carbocycles. The Labute approximate surface area is 180 Å². The van der Waals surface area contributed by atoms with E-state index in [0.717, 1.165) is 5.56 Å². The van der Waals surface area contributed by atoms with Crippen LogP contribution in [0.25, 0.3) is 0 Å². The summed E-state index contributed by atoms with van der Waals surface area (Å²) in [5.74, 6) is 0.568. The van der Waals surface area contributed by atoms with E-state index in [1.807, 2.05) is 19.1 Å². The number of hydrogen-bond acceptors (Lipinski definition) is 5. The molecule has 0 unspecified atom stereocenters. The second-order valence-electron chi connectivity index (χ2n) is 6.71. The first-order valence-electron chi connectivity index (χ1n) is 9.53. The minimum Gasteiger partial charge on any atom is -0.497 e. The van der Waals surface area contributed by atoms with Crippen molar-refractivity contribution in [3.63, 3.8) is 0 Å². The lowest BCUT2D eigenvalue weighted by Crippen LogP contribution is -2.18.